The van der Waals surface area contributed by atoms with Crippen molar-refractivity contribution in [3.8, 4) is 0 Å². The first-order chi connectivity index (χ1) is 13.6. The van der Waals surface area contributed by atoms with Crippen molar-refractivity contribution in [3.05, 3.63) is 33.0 Å². The molecule has 1 aliphatic carbocycles. The van der Waals surface area contributed by atoms with E-state index >= 15 is 0 Å². The number of carbonyl (C=O) groups excluding carboxylic acids is 3. The number of esters is 1. The van der Waals surface area contributed by atoms with Gasteiger partial charge in [-0.25, -0.2) is 4.79 Å². The van der Waals surface area contributed by atoms with E-state index in [-0.39, 0.29) is 6.10 Å². The molecule has 156 valence electrons. The molecule has 8 heteroatoms. The number of nitrogens with zero attached hydrogens (tertiary/aromatic N) is 2. The van der Waals surface area contributed by atoms with E-state index in [2.05, 4.69) is 17.3 Å². The molecule has 0 spiro atoms. The van der Waals surface area contributed by atoms with E-state index in [0.29, 0.717) is 33.4 Å². The van der Waals surface area contributed by atoms with Crippen molar-refractivity contribution in [2.45, 2.75) is 60.0 Å². The molecule has 3 rings (SSSR count). The Morgan fingerprint density at radius 1 is 1.24 bits per heavy atom. The Labute approximate surface area is 174 Å². The number of nitrogens with one attached hydrogen (secondary N) is 1. The predicted molar refractivity (Wildman–Crippen MR) is 112 cm³/mol. The van der Waals surface area contributed by atoms with Gasteiger partial charge in [-0.15, -0.1) is 11.3 Å². The number of amides is 1. The van der Waals surface area contributed by atoms with Gasteiger partial charge < -0.3 is 10.1 Å². The quantitative estimate of drug-likeness (QED) is 0.456. The molecule has 0 saturated heterocycles. The first-order valence-electron chi connectivity index (χ1n) is 9.81. The number of ketones is 1. The minimum Gasteiger partial charge on any atom is -0.459 e. The zero-order chi connectivity index (χ0) is 21.5. The van der Waals surface area contributed by atoms with Crippen LogP contribution in [0.1, 0.15) is 69.7 Å². The van der Waals surface area contributed by atoms with Crippen LogP contribution in [0.2, 0.25) is 0 Å². The van der Waals surface area contributed by atoms with E-state index in [1.807, 2.05) is 0 Å². The largest absolute Gasteiger partial charge is 0.459 e. The van der Waals surface area contributed by atoms with E-state index in [0.717, 1.165) is 29.7 Å². The average molecular weight is 418 g/mol. The van der Waals surface area contributed by atoms with Gasteiger partial charge >= 0.3 is 5.97 Å². The average Bonchev–Trinajstić information content (AvgIpc) is 3.09. The Morgan fingerprint density at radius 3 is 2.52 bits per heavy atom. The standard InChI is InChI=1S/C21H27N3O4S/c1-10(2)28-21(27)17-14-8-7-11(3)9-15(14)29-20(17)22-19(26)18(25)16-12(4)23-24(6)13(16)5/h10-11H,7-9H2,1-6H3,(H,22,26)/t11-/m1/s1. The van der Waals surface area contributed by atoms with Crippen molar-refractivity contribution in [2.75, 3.05) is 5.32 Å². The van der Waals surface area contributed by atoms with Crippen molar-refractivity contribution in [1.29, 1.82) is 0 Å². The first kappa shape index (κ1) is 21.2. The van der Waals surface area contributed by atoms with Crippen molar-refractivity contribution < 1.29 is 19.1 Å². The van der Waals surface area contributed by atoms with Gasteiger partial charge in [-0.3, -0.25) is 14.3 Å². The van der Waals surface area contributed by atoms with Crippen LogP contribution in [0, 0.1) is 19.8 Å². The fourth-order valence-corrected chi connectivity index (χ4v) is 5.10. The lowest BCUT2D eigenvalue weighted by Crippen LogP contribution is -2.25. The number of ether oxygens (including phenoxy) is 1. The fourth-order valence-electron chi connectivity index (χ4n) is 3.70. The summed E-state index contributed by atoms with van der Waals surface area (Å²) in [5.41, 5.74) is 2.76. The van der Waals surface area contributed by atoms with E-state index < -0.39 is 17.7 Å². The number of thiophene rings is 1. The third kappa shape index (κ3) is 4.12. The normalized spacial score (nSPS) is 15.9. The summed E-state index contributed by atoms with van der Waals surface area (Å²) >= 11 is 1.37. The summed E-state index contributed by atoms with van der Waals surface area (Å²) in [6.45, 7) is 9.19. The molecule has 2 aromatic heterocycles. The van der Waals surface area contributed by atoms with Crippen LogP contribution in [0.25, 0.3) is 0 Å². The highest BCUT2D eigenvalue weighted by atomic mass is 32.1. The topological polar surface area (TPSA) is 90.3 Å². The maximum absolute atomic E-state index is 12.8. The molecule has 1 aliphatic rings. The second kappa shape index (κ2) is 8.10. The number of fused-ring (bicyclic) bond motifs is 1. The molecule has 0 saturated carbocycles. The third-order valence-corrected chi connectivity index (χ3v) is 6.40. The third-order valence-electron chi connectivity index (χ3n) is 5.23. The molecule has 0 radical (unpaired) electrons. The Bertz CT molecular complexity index is 987. The zero-order valence-corrected chi connectivity index (χ0v) is 18.5. The van der Waals surface area contributed by atoms with Crippen LogP contribution in [-0.4, -0.2) is 33.5 Å². The second-order valence-corrected chi connectivity index (χ2v) is 9.07. The summed E-state index contributed by atoms with van der Waals surface area (Å²) in [6, 6.07) is 0. The lowest BCUT2D eigenvalue weighted by atomic mass is 9.88. The smallest absolute Gasteiger partial charge is 0.341 e. The summed E-state index contributed by atoms with van der Waals surface area (Å²) in [6.07, 6.45) is 2.32. The highest BCUT2D eigenvalue weighted by molar-refractivity contribution is 7.17. The highest BCUT2D eigenvalue weighted by Crippen LogP contribution is 2.40. The van der Waals surface area contributed by atoms with Gasteiger partial charge in [0, 0.05) is 17.6 Å². The number of carbonyl (C=O) groups is 3. The molecule has 0 unspecified atom stereocenters. The molecule has 0 bridgehead atoms. The van der Waals surface area contributed by atoms with Gasteiger partial charge in [-0.1, -0.05) is 6.92 Å². The Morgan fingerprint density at radius 2 is 1.93 bits per heavy atom. The molecule has 29 heavy (non-hydrogen) atoms. The molecular weight excluding hydrogens is 390 g/mol. The summed E-state index contributed by atoms with van der Waals surface area (Å²) < 4.78 is 6.99. The van der Waals surface area contributed by atoms with E-state index in [1.54, 1.807) is 39.4 Å². The van der Waals surface area contributed by atoms with Gasteiger partial charge in [0.15, 0.2) is 0 Å². The number of hydrogen-bond donors (Lipinski definition) is 1. The number of aromatic nitrogens is 2. The lowest BCUT2D eigenvalue weighted by Gasteiger charge is -2.18. The zero-order valence-electron chi connectivity index (χ0n) is 17.7. The molecule has 0 aromatic carbocycles. The van der Waals surface area contributed by atoms with Crippen molar-refractivity contribution in [2.24, 2.45) is 13.0 Å². The number of anilines is 1. The summed E-state index contributed by atoms with van der Waals surface area (Å²) in [5, 5.41) is 7.29. The predicted octanol–water partition coefficient (Wildman–Crippen LogP) is 3.61. The Kier molecular flexibility index (Phi) is 5.93. The van der Waals surface area contributed by atoms with Gasteiger partial charge in [0.1, 0.15) is 5.00 Å². The molecule has 7 nitrogen and oxygen atoms in total. The Balaban J connectivity index is 1.94. The van der Waals surface area contributed by atoms with Gasteiger partial charge in [0.25, 0.3) is 11.7 Å². The monoisotopic (exact) mass is 417 g/mol. The summed E-state index contributed by atoms with van der Waals surface area (Å²) in [7, 11) is 1.73. The van der Waals surface area contributed by atoms with Gasteiger partial charge in [-0.05, 0) is 58.4 Å². The lowest BCUT2D eigenvalue weighted by molar-refractivity contribution is -0.112. The van der Waals surface area contributed by atoms with Crippen LogP contribution >= 0.6 is 11.3 Å². The molecule has 0 fully saturated rings. The minimum atomic E-state index is -0.769. The highest BCUT2D eigenvalue weighted by Gasteiger charge is 2.31. The molecule has 1 N–H and O–H groups in total. The Hall–Kier alpha value is -2.48. The van der Waals surface area contributed by atoms with Crippen LogP contribution in [0.3, 0.4) is 0 Å². The summed E-state index contributed by atoms with van der Waals surface area (Å²) in [4.78, 5) is 39.4. The van der Waals surface area contributed by atoms with Crippen LogP contribution in [0.5, 0.6) is 0 Å². The van der Waals surface area contributed by atoms with Crippen molar-refractivity contribution in [3.63, 3.8) is 0 Å². The molecule has 1 amide bonds. The molecular formula is C21H27N3O4S. The summed E-state index contributed by atoms with van der Waals surface area (Å²) in [5.74, 6) is -1.37. The number of hydrogen-bond acceptors (Lipinski definition) is 6. The van der Waals surface area contributed by atoms with Gasteiger partial charge in [-0.2, -0.15) is 5.10 Å². The molecule has 1 atom stereocenters. The van der Waals surface area contributed by atoms with E-state index in [9.17, 15) is 14.4 Å². The van der Waals surface area contributed by atoms with Crippen LogP contribution in [0.15, 0.2) is 0 Å². The molecule has 2 aromatic rings. The van der Waals surface area contributed by atoms with E-state index in [1.165, 1.54) is 11.3 Å². The number of rotatable bonds is 5. The van der Waals surface area contributed by atoms with Gasteiger partial charge in [0.05, 0.1) is 22.9 Å². The van der Waals surface area contributed by atoms with Crippen LogP contribution in [0.4, 0.5) is 5.00 Å². The second-order valence-electron chi connectivity index (χ2n) is 7.96. The molecule has 2 heterocycles. The maximum atomic E-state index is 12.8. The number of Topliss-reactive ketones (excluding diaryl/α,β-unsaturated/α-hetero) is 1. The van der Waals surface area contributed by atoms with Crippen LogP contribution < -0.4 is 5.32 Å². The van der Waals surface area contributed by atoms with Gasteiger partial charge in [0.2, 0.25) is 0 Å². The number of aryl methyl sites for hydroxylation is 2. The van der Waals surface area contributed by atoms with Crippen molar-refractivity contribution in [1.82, 2.24) is 9.78 Å². The first-order valence-corrected chi connectivity index (χ1v) is 10.6. The SMILES string of the molecule is Cc1nn(C)c(C)c1C(=O)C(=O)Nc1sc2c(c1C(=O)OC(C)C)CC[C@@H](C)C2. The van der Waals surface area contributed by atoms with Crippen molar-refractivity contribution >= 4 is 34.0 Å². The van der Waals surface area contributed by atoms with Crippen LogP contribution in [-0.2, 0) is 29.4 Å². The fraction of sp³-hybridized carbons (Fsp3) is 0.524. The maximum Gasteiger partial charge on any atom is 0.341 e. The molecule has 0 aliphatic heterocycles. The van der Waals surface area contributed by atoms with E-state index in [4.69, 9.17) is 4.74 Å². The minimum absolute atomic E-state index is 0.272.